The first kappa shape index (κ1) is 21.4. The van der Waals surface area contributed by atoms with Gasteiger partial charge in [0.15, 0.2) is 17.7 Å². The second-order valence-electron chi connectivity index (χ2n) is 6.29. The van der Waals surface area contributed by atoms with Gasteiger partial charge in [-0.05, 0) is 36.6 Å². The fourth-order valence-electron chi connectivity index (χ4n) is 2.96. The van der Waals surface area contributed by atoms with Crippen molar-refractivity contribution >= 4 is 24.3 Å². The third-order valence-corrected chi connectivity index (χ3v) is 4.29. The van der Waals surface area contributed by atoms with Crippen LogP contribution in [0.2, 0.25) is 0 Å². The molecule has 7 nitrogen and oxygen atoms in total. The number of ether oxygens (including phenoxy) is 2. The lowest BCUT2D eigenvalue weighted by Crippen LogP contribution is -2.44. The number of methoxy groups -OCH3 is 1. The Bertz CT molecular complexity index is 842. The number of benzene rings is 2. The Morgan fingerprint density at radius 1 is 1.07 bits per heavy atom. The van der Waals surface area contributed by atoms with E-state index in [1.54, 1.807) is 7.11 Å². The molecule has 1 aliphatic rings. The minimum Gasteiger partial charge on any atom is -0.493 e. The molecule has 0 amide bonds. The molecule has 1 atom stereocenters. The SMILES string of the molecule is COc1cc(C)ccc1OCCCN1C(N)=NC(N)=NC1c1ccccc1.Cl. The molecule has 3 rings (SSSR count). The zero-order chi connectivity index (χ0) is 19.2. The highest BCUT2D eigenvalue weighted by molar-refractivity contribution is 5.95. The Morgan fingerprint density at radius 2 is 1.82 bits per heavy atom. The van der Waals surface area contributed by atoms with E-state index in [-0.39, 0.29) is 24.5 Å². The number of hydrogen-bond donors (Lipinski definition) is 2. The zero-order valence-corrected chi connectivity index (χ0v) is 16.9. The molecule has 2 aromatic carbocycles. The van der Waals surface area contributed by atoms with E-state index in [0.29, 0.717) is 19.1 Å². The van der Waals surface area contributed by atoms with Gasteiger partial charge in [0.2, 0.25) is 11.9 Å². The van der Waals surface area contributed by atoms with Gasteiger partial charge in [0, 0.05) is 6.54 Å². The summed E-state index contributed by atoms with van der Waals surface area (Å²) in [4.78, 5) is 10.5. The molecule has 1 aliphatic heterocycles. The van der Waals surface area contributed by atoms with E-state index in [4.69, 9.17) is 20.9 Å². The van der Waals surface area contributed by atoms with Gasteiger partial charge in [0.25, 0.3) is 0 Å². The lowest BCUT2D eigenvalue weighted by atomic mass is 10.1. The predicted octanol–water partition coefficient (Wildman–Crippen LogP) is 2.84. The molecule has 0 radical (unpaired) electrons. The summed E-state index contributed by atoms with van der Waals surface area (Å²) >= 11 is 0. The molecule has 4 N–H and O–H groups in total. The van der Waals surface area contributed by atoms with E-state index >= 15 is 0 Å². The maximum Gasteiger partial charge on any atom is 0.220 e. The average Bonchev–Trinajstić information content (AvgIpc) is 2.67. The fraction of sp³-hybridized carbons (Fsp3) is 0.300. The highest BCUT2D eigenvalue weighted by atomic mass is 35.5. The van der Waals surface area contributed by atoms with Gasteiger partial charge >= 0.3 is 0 Å². The van der Waals surface area contributed by atoms with E-state index in [1.165, 1.54) is 0 Å². The van der Waals surface area contributed by atoms with Gasteiger partial charge < -0.3 is 25.8 Å². The van der Waals surface area contributed by atoms with Gasteiger partial charge in [-0.15, -0.1) is 12.4 Å². The van der Waals surface area contributed by atoms with Gasteiger partial charge in [-0.1, -0.05) is 36.4 Å². The van der Waals surface area contributed by atoms with Crippen molar-refractivity contribution in [3.8, 4) is 11.5 Å². The topological polar surface area (TPSA) is 98.5 Å². The first-order chi connectivity index (χ1) is 13.1. The van der Waals surface area contributed by atoms with Crippen LogP contribution in [0.25, 0.3) is 0 Å². The van der Waals surface area contributed by atoms with Gasteiger partial charge in [0.05, 0.1) is 13.7 Å². The molecule has 0 aliphatic carbocycles. The van der Waals surface area contributed by atoms with Crippen molar-refractivity contribution in [3.63, 3.8) is 0 Å². The van der Waals surface area contributed by atoms with E-state index in [2.05, 4.69) is 9.98 Å². The van der Waals surface area contributed by atoms with Gasteiger partial charge in [-0.25, -0.2) is 4.99 Å². The molecule has 8 heteroatoms. The normalized spacial score (nSPS) is 15.9. The lowest BCUT2D eigenvalue weighted by Gasteiger charge is -2.32. The van der Waals surface area contributed by atoms with E-state index in [1.807, 2.05) is 60.4 Å². The summed E-state index contributed by atoms with van der Waals surface area (Å²) in [5, 5.41) is 0. The second-order valence-corrected chi connectivity index (χ2v) is 6.29. The summed E-state index contributed by atoms with van der Waals surface area (Å²) in [5.74, 6) is 2.02. The summed E-state index contributed by atoms with van der Waals surface area (Å²) in [6.45, 7) is 3.17. The summed E-state index contributed by atoms with van der Waals surface area (Å²) in [6.07, 6.45) is 0.462. The molecule has 0 bridgehead atoms. The Labute approximate surface area is 171 Å². The maximum absolute atomic E-state index is 6.11. The molecule has 0 saturated carbocycles. The van der Waals surface area contributed by atoms with Crippen LogP contribution in [-0.4, -0.2) is 37.1 Å². The van der Waals surface area contributed by atoms with Crippen LogP contribution in [0.15, 0.2) is 58.5 Å². The largest absolute Gasteiger partial charge is 0.493 e. The minimum atomic E-state index is -0.280. The van der Waals surface area contributed by atoms with Crippen LogP contribution < -0.4 is 20.9 Å². The smallest absolute Gasteiger partial charge is 0.220 e. The Kier molecular flexibility index (Phi) is 7.52. The second kappa shape index (κ2) is 9.85. The van der Waals surface area contributed by atoms with Crippen LogP contribution in [0, 0.1) is 6.92 Å². The van der Waals surface area contributed by atoms with Crippen molar-refractivity contribution in [1.82, 2.24) is 4.90 Å². The van der Waals surface area contributed by atoms with Gasteiger partial charge in [0.1, 0.15) is 0 Å². The monoisotopic (exact) mass is 403 g/mol. The Balaban J connectivity index is 0.00000280. The van der Waals surface area contributed by atoms with E-state index < -0.39 is 0 Å². The van der Waals surface area contributed by atoms with Crippen LogP contribution in [0.3, 0.4) is 0 Å². The summed E-state index contributed by atoms with van der Waals surface area (Å²) in [5.41, 5.74) is 14.1. The third kappa shape index (κ3) is 5.07. The van der Waals surface area contributed by atoms with Crippen LogP contribution >= 0.6 is 12.4 Å². The van der Waals surface area contributed by atoms with Crippen LogP contribution in [-0.2, 0) is 0 Å². The molecule has 28 heavy (non-hydrogen) atoms. The molecule has 150 valence electrons. The first-order valence-corrected chi connectivity index (χ1v) is 8.85. The molecular formula is C20H26ClN5O2. The van der Waals surface area contributed by atoms with Crippen molar-refractivity contribution in [2.45, 2.75) is 19.5 Å². The number of nitrogens with zero attached hydrogens (tertiary/aromatic N) is 3. The van der Waals surface area contributed by atoms with Crippen molar-refractivity contribution in [1.29, 1.82) is 0 Å². The Morgan fingerprint density at radius 3 is 2.54 bits per heavy atom. The van der Waals surface area contributed by atoms with Crippen LogP contribution in [0.4, 0.5) is 0 Å². The van der Waals surface area contributed by atoms with Crippen molar-refractivity contribution in [2.24, 2.45) is 21.5 Å². The molecule has 0 saturated heterocycles. The highest BCUT2D eigenvalue weighted by Crippen LogP contribution is 2.28. The zero-order valence-electron chi connectivity index (χ0n) is 16.0. The number of hydrogen-bond acceptors (Lipinski definition) is 7. The molecule has 2 aromatic rings. The number of nitrogens with two attached hydrogens (primary N) is 2. The third-order valence-electron chi connectivity index (χ3n) is 4.29. The van der Waals surface area contributed by atoms with Gasteiger partial charge in [-0.2, -0.15) is 4.99 Å². The van der Waals surface area contributed by atoms with Gasteiger partial charge in [-0.3, -0.25) is 0 Å². The van der Waals surface area contributed by atoms with Crippen molar-refractivity contribution < 1.29 is 9.47 Å². The molecule has 0 aromatic heterocycles. The number of rotatable bonds is 7. The van der Waals surface area contributed by atoms with Crippen LogP contribution in [0.5, 0.6) is 11.5 Å². The number of aryl methyl sites for hydroxylation is 1. The molecule has 0 fully saturated rings. The summed E-state index contributed by atoms with van der Waals surface area (Å²) < 4.78 is 11.2. The van der Waals surface area contributed by atoms with E-state index in [0.717, 1.165) is 29.0 Å². The molecular weight excluding hydrogens is 378 g/mol. The predicted molar refractivity (Wildman–Crippen MR) is 114 cm³/mol. The minimum absolute atomic E-state index is 0. The Hall–Kier alpha value is -2.93. The van der Waals surface area contributed by atoms with E-state index in [9.17, 15) is 0 Å². The highest BCUT2D eigenvalue weighted by Gasteiger charge is 2.25. The lowest BCUT2D eigenvalue weighted by molar-refractivity contribution is 0.250. The van der Waals surface area contributed by atoms with Crippen molar-refractivity contribution in [2.75, 3.05) is 20.3 Å². The maximum atomic E-state index is 6.11. The standard InChI is InChI=1S/C20H25N5O2.ClH/c1-14-9-10-16(17(13-14)26-2)27-12-6-11-25-18(15-7-4-3-5-8-15)23-19(21)24-20(25)22;/h3-5,7-10,13,18H,6,11-12H2,1-2H3,(H4,21,22,23,24);1H. The molecule has 1 unspecified atom stereocenters. The summed E-state index contributed by atoms with van der Waals surface area (Å²) in [6, 6.07) is 15.8. The number of guanidine groups is 2. The first-order valence-electron chi connectivity index (χ1n) is 8.85. The molecule has 1 heterocycles. The number of halogens is 1. The number of aliphatic imine (C=N–C) groups is 2. The fourth-order valence-corrected chi connectivity index (χ4v) is 2.96. The average molecular weight is 404 g/mol. The molecule has 0 spiro atoms. The summed E-state index contributed by atoms with van der Waals surface area (Å²) in [7, 11) is 1.64. The van der Waals surface area contributed by atoms with Crippen molar-refractivity contribution in [3.05, 3.63) is 59.7 Å². The quantitative estimate of drug-likeness (QED) is 0.692. The van der Waals surface area contributed by atoms with Crippen LogP contribution in [0.1, 0.15) is 23.7 Å².